The lowest BCUT2D eigenvalue weighted by molar-refractivity contribution is -0.139. The normalized spacial score (nSPS) is 12.3. The zero-order valence-corrected chi connectivity index (χ0v) is 17.0. The number of allylic oxidation sites excluding steroid dienone is 1. The summed E-state index contributed by atoms with van der Waals surface area (Å²) in [5.41, 5.74) is 2.86. The lowest BCUT2D eigenvalue weighted by atomic mass is 10.1. The van der Waals surface area contributed by atoms with Crippen LogP contribution in [0, 0.1) is 0 Å². The number of hydrogen-bond donors (Lipinski definition) is 2. The van der Waals surface area contributed by atoms with E-state index in [2.05, 4.69) is 14.9 Å². The van der Waals surface area contributed by atoms with Crippen LogP contribution in [-0.4, -0.2) is 26.7 Å². The number of aliphatic carboxylic acids is 1. The minimum atomic E-state index is -0.875. The highest BCUT2D eigenvalue weighted by molar-refractivity contribution is 6.31. The molecule has 2 N–H and O–H groups in total. The van der Waals surface area contributed by atoms with E-state index in [1.54, 1.807) is 6.20 Å². The predicted molar refractivity (Wildman–Crippen MR) is 116 cm³/mol. The molecule has 1 aromatic heterocycles. The van der Waals surface area contributed by atoms with E-state index in [4.69, 9.17) is 11.6 Å². The first-order valence-corrected chi connectivity index (χ1v) is 9.87. The van der Waals surface area contributed by atoms with Gasteiger partial charge in [-0.1, -0.05) is 66.2 Å². The molecule has 0 bridgehead atoms. The third-order valence-corrected chi connectivity index (χ3v) is 5.05. The number of aromatic nitrogens is 2. The molecule has 0 fully saturated rings. The second kappa shape index (κ2) is 10.0. The summed E-state index contributed by atoms with van der Waals surface area (Å²) >= 11 is 6.34. The molecule has 0 aliphatic heterocycles. The van der Waals surface area contributed by atoms with Gasteiger partial charge in [0, 0.05) is 11.6 Å². The van der Waals surface area contributed by atoms with Gasteiger partial charge < -0.3 is 9.67 Å². The lowest BCUT2D eigenvalue weighted by Crippen LogP contribution is -2.38. The van der Waals surface area contributed by atoms with Crippen molar-refractivity contribution >= 4 is 23.6 Å². The summed E-state index contributed by atoms with van der Waals surface area (Å²) < 4.78 is 2.05. The molecule has 5 nitrogen and oxygen atoms in total. The van der Waals surface area contributed by atoms with Crippen LogP contribution >= 0.6 is 11.6 Å². The van der Waals surface area contributed by atoms with E-state index < -0.39 is 12.0 Å². The van der Waals surface area contributed by atoms with E-state index >= 15 is 0 Å². The van der Waals surface area contributed by atoms with Crippen LogP contribution in [-0.2, 0) is 24.3 Å². The van der Waals surface area contributed by atoms with Gasteiger partial charge in [-0.3, -0.25) is 10.1 Å². The molecule has 0 aliphatic carbocycles. The van der Waals surface area contributed by atoms with E-state index in [1.807, 2.05) is 73.7 Å². The quantitative estimate of drug-likeness (QED) is 0.549. The number of carboxylic acids is 1. The molecule has 1 heterocycles. The molecular formula is C23H24ClN3O2. The van der Waals surface area contributed by atoms with Gasteiger partial charge in [-0.2, -0.15) is 0 Å². The Kier molecular flexibility index (Phi) is 7.22. The van der Waals surface area contributed by atoms with Crippen molar-refractivity contribution in [3.8, 4) is 0 Å². The molecule has 2 aromatic carbocycles. The zero-order valence-electron chi connectivity index (χ0n) is 16.3. The fourth-order valence-corrected chi connectivity index (χ4v) is 3.35. The first-order chi connectivity index (χ1) is 14.1. The highest BCUT2D eigenvalue weighted by Gasteiger charge is 2.19. The molecule has 3 rings (SSSR count). The van der Waals surface area contributed by atoms with E-state index in [-0.39, 0.29) is 0 Å². The van der Waals surface area contributed by atoms with Crippen molar-refractivity contribution in [1.29, 1.82) is 0 Å². The summed E-state index contributed by atoms with van der Waals surface area (Å²) in [6.45, 7) is 2.89. The molecule has 6 heteroatoms. The molecule has 150 valence electrons. The van der Waals surface area contributed by atoms with Crippen LogP contribution in [0.25, 0.3) is 6.08 Å². The number of benzene rings is 2. The third-order valence-electron chi connectivity index (χ3n) is 4.68. The Bertz CT molecular complexity index is 983. The van der Waals surface area contributed by atoms with Crippen LogP contribution in [0.5, 0.6) is 0 Å². The standard InChI is InChI=1S/C23H24ClN3O2/c1-2-8-22-26-15-19(27(22)16-18-11-6-7-12-20(18)24)14-25-21(23(28)29)13-17-9-4-3-5-10-17/h2-12,15,21,25H,13-14,16H2,1H3,(H,28,29)/t21-/m0/s1. The highest BCUT2D eigenvalue weighted by Crippen LogP contribution is 2.19. The van der Waals surface area contributed by atoms with Gasteiger partial charge in [-0.05, 0) is 36.6 Å². The fourth-order valence-electron chi connectivity index (χ4n) is 3.15. The first kappa shape index (κ1) is 20.8. The van der Waals surface area contributed by atoms with Crippen LogP contribution in [0.2, 0.25) is 5.02 Å². The van der Waals surface area contributed by atoms with Crippen LogP contribution in [0.1, 0.15) is 29.6 Å². The van der Waals surface area contributed by atoms with Crippen molar-refractivity contribution in [2.45, 2.75) is 32.5 Å². The van der Waals surface area contributed by atoms with Crippen LogP contribution in [0.3, 0.4) is 0 Å². The van der Waals surface area contributed by atoms with E-state index in [1.165, 1.54) is 0 Å². The Balaban J connectivity index is 1.79. The molecule has 0 spiro atoms. The molecule has 0 unspecified atom stereocenters. The summed E-state index contributed by atoms with van der Waals surface area (Å²) in [6, 6.07) is 16.6. The molecule has 0 radical (unpaired) electrons. The fraction of sp³-hybridized carbons (Fsp3) is 0.217. The van der Waals surface area contributed by atoms with Gasteiger partial charge in [0.05, 0.1) is 18.4 Å². The number of halogens is 1. The van der Waals surface area contributed by atoms with Crippen molar-refractivity contribution in [1.82, 2.24) is 14.9 Å². The summed E-state index contributed by atoms with van der Waals surface area (Å²) in [7, 11) is 0. The molecule has 0 saturated heterocycles. The summed E-state index contributed by atoms with van der Waals surface area (Å²) in [4.78, 5) is 16.2. The number of carbonyl (C=O) groups is 1. The monoisotopic (exact) mass is 409 g/mol. The Morgan fingerprint density at radius 3 is 2.62 bits per heavy atom. The van der Waals surface area contributed by atoms with E-state index in [0.717, 1.165) is 22.6 Å². The lowest BCUT2D eigenvalue weighted by Gasteiger charge is -2.16. The highest BCUT2D eigenvalue weighted by atomic mass is 35.5. The molecule has 0 amide bonds. The zero-order chi connectivity index (χ0) is 20.6. The van der Waals surface area contributed by atoms with Crippen molar-refractivity contribution in [2.24, 2.45) is 0 Å². The largest absolute Gasteiger partial charge is 0.480 e. The van der Waals surface area contributed by atoms with Gasteiger partial charge in [0.1, 0.15) is 11.9 Å². The number of hydrogen-bond acceptors (Lipinski definition) is 3. The topological polar surface area (TPSA) is 67.2 Å². The third kappa shape index (κ3) is 5.56. The predicted octanol–water partition coefficient (Wildman–Crippen LogP) is 4.40. The average Bonchev–Trinajstić information content (AvgIpc) is 3.09. The second-order valence-corrected chi connectivity index (χ2v) is 7.15. The Morgan fingerprint density at radius 1 is 1.21 bits per heavy atom. The molecule has 3 aromatic rings. The maximum Gasteiger partial charge on any atom is 0.321 e. The van der Waals surface area contributed by atoms with Crippen LogP contribution in [0.4, 0.5) is 0 Å². The smallest absolute Gasteiger partial charge is 0.321 e. The summed E-state index contributed by atoms with van der Waals surface area (Å²) in [6.07, 6.45) is 6.05. The van der Waals surface area contributed by atoms with Gasteiger partial charge in [-0.25, -0.2) is 4.98 Å². The summed E-state index contributed by atoms with van der Waals surface area (Å²) in [5, 5.41) is 13.5. The van der Waals surface area contributed by atoms with Crippen molar-refractivity contribution in [3.63, 3.8) is 0 Å². The van der Waals surface area contributed by atoms with Crippen molar-refractivity contribution in [2.75, 3.05) is 0 Å². The average molecular weight is 410 g/mol. The van der Waals surface area contributed by atoms with Gasteiger partial charge in [0.2, 0.25) is 0 Å². The maximum atomic E-state index is 11.7. The molecule has 1 atom stereocenters. The Labute approximate surface area is 175 Å². The Morgan fingerprint density at radius 2 is 1.93 bits per heavy atom. The van der Waals surface area contributed by atoms with Gasteiger partial charge in [-0.15, -0.1) is 0 Å². The van der Waals surface area contributed by atoms with Crippen LogP contribution < -0.4 is 5.32 Å². The minimum absolute atomic E-state index is 0.388. The molecule has 0 saturated carbocycles. The molecule has 29 heavy (non-hydrogen) atoms. The molecular weight excluding hydrogens is 386 g/mol. The number of nitrogens with zero attached hydrogens (tertiary/aromatic N) is 2. The number of nitrogens with one attached hydrogen (secondary N) is 1. The van der Waals surface area contributed by atoms with Gasteiger partial charge >= 0.3 is 5.97 Å². The van der Waals surface area contributed by atoms with Gasteiger partial charge in [0.15, 0.2) is 0 Å². The summed E-state index contributed by atoms with van der Waals surface area (Å²) in [5.74, 6) is -0.0705. The van der Waals surface area contributed by atoms with Crippen LogP contribution in [0.15, 0.2) is 66.9 Å². The number of imidazole rings is 1. The SMILES string of the molecule is CC=Cc1ncc(CN[C@@H](Cc2ccccc2)C(=O)O)n1Cc1ccccc1Cl. The van der Waals surface area contributed by atoms with Crippen molar-refractivity contribution < 1.29 is 9.90 Å². The van der Waals surface area contributed by atoms with Gasteiger partial charge in [0.25, 0.3) is 0 Å². The van der Waals surface area contributed by atoms with E-state index in [0.29, 0.717) is 24.5 Å². The molecule has 0 aliphatic rings. The minimum Gasteiger partial charge on any atom is -0.480 e. The first-order valence-electron chi connectivity index (χ1n) is 9.49. The number of carboxylic acid groups (broad SMARTS) is 1. The van der Waals surface area contributed by atoms with E-state index in [9.17, 15) is 9.90 Å². The number of rotatable bonds is 9. The second-order valence-electron chi connectivity index (χ2n) is 6.75. The Hall–Kier alpha value is -2.89. The van der Waals surface area contributed by atoms with Crippen molar-refractivity contribution in [3.05, 3.63) is 94.5 Å². The maximum absolute atomic E-state index is 11.7.